The number of tetrazole rings is 1. The molecule has 2 aromatic heterocycles. The molecule has 0 unspecified atom stereocenters. The molecule has 1 atom stereocenters. The summed E-state index contributed by atoms with van der Waals surface area (Å²) in [6.07, 6.45) is 4.59. The Morgan fingerprint density at radius 2 is 2.24 bits per heavy atom. The highest BCUT2D eigenvalue weighted by Crippen LogP contribution is 2.24. The maximum absolute atomic E-state index is 12.5. The molecule has 130 valence electrons. The number of nitrogens with zero attached hydrogens (tertiary/aromatic N) is 5. The summed E-state index contributed by atoms with van der Waals surface area (Å²) < 4.78 is 2.98. The number of para-hydroxylation sites is 1. The van der Waals surface area contributed by atoms with Gasteiger partial charge in [-0.3, -0.25) is 4.79 Å². The van der Waals surface area contributed by atoms with Gasteiger partial charge < -0.3 is 5.32 Å². The SMILES string of the molecule is O=C(NCCCc1nc2ccccc2s1)[C@@H]1CCCCn2nnnc21. The fourth-order valence-corrected chi connectivity index (χ4v) is 4.22. The Labute approximate surface area is 149 Å². The van der Waals surface area contributed by atoms with Crippen molar-refractivity contribution in [3.63, 3.8) is 0 Å². The van der Waals surface area contributed by atoms with E-state index in [4.69, 9.17) is 0 Å². The van der Waals surface area contributed by atoms with Crippen LogP contribution in [0.2, 0.25) is 0 Å². The van der Waals surface area contributed by atoms with E-state index in [9.17, 15) is 4.79 Å². The minimum Gasteiger partial charge on any atom is -0.355 e. The number of hydrogen-bond donors (Lipinski definition) is 1. The molecule has 1 aromatic carbocycles. The van der Waals surface area contributed by atoms with Gasteiger partial charge in [0.05, 0.1) is 21.1 Å². The first-order valence-corrected chi connectivity index (χ1v) is 9.51. The van der Waals surface area contributed by atoms with Gasteiger partial charge in [-0.05, 0) is 41.8 Å². The third-order valence-corrected chi connectivity index (χ3v) is 5.60. The van der Waals surface area contributed by atoms with Gasteiger partial charge in [-0.25, -0.2) is 9.67 Å². The third-order valence-electron chi connectivity index (χ3n) is 4.51. The van der Waals surface area contributed by atoms with Crippen LogP contribution >= 0.6 is 11.3 Å². The maximum atomic E-state index is 12.5. The molecule has 1 aliphatic heterocycles. The lowest BCUT2D eigenvalue weighted by atomic mass is 10.0. The Hall–Kier alpha value is -2.35. The Kier molecular flexibility index (Phi) is 4.69. The molecule has 4 rings (SSSR count). The zero-order valence-corrected chi connectivity index (χ0v) is 14.7. The van der Waals surface area contributed by atoms with Gasteiger partial charge in [0.25, 0.3) is 0 Å². The molecule has 3 aromatic rings. The van der Waals surface area contributed by atoms with Crippen molar-refractivity contribution in [2.75, 3.05) is 6.54 Å². The summed E-state index contributed by atoms with van der Waals surface area (Å²) in [4.78, 5) is 17.2. The van der Waals surface area contributed by atoms with E-state index in [1.165, 1.54) is 4.70 Å². The lowest BCUT2D eigenvalue weighted by Crippen LogP contribution is -2.31. The molecule has 0 aliphatic carbocycles. The molecule has 0 bridgehead atoms. The van der Waals surface area contributed by atoms with Crippen molar-refractivity contribution in [2.45, 2.75) is 44.6 Å². The minimum absolute atomic E-state index is 0.0299. The number of nitrogens with one attached hydrogen (secondary N) is 1. The second-order valence-electron chi connectivity index (χ2n) is 6.28. The number of rotatable bonds is 5. The monoisotopic (exact) mass is 356 g/mol. The number of aryl methyl sites for hydroxylation is 2. The molecule has 0 saturated carbocycles. The Bertz CT molecular complexity index is 840. The van der Waals surface area contributed by atoms with Gasteiger partial charge in [0.15, 0.2) is 5.82 Å². The largest absolute Gasteiger partial charge is 0.355 e. The van der Waals surface area contributed by atoms with Gasteiger partial charge in [0.2, 0.25) is 5.91 Å². The van der Waals surface area contributed by atoms with Crippen LogP contribution < -0.4 is 5.32 Å². The molecule has 8 heteroatoms. The van der Waals surface area contributed by atoms with Crippen molar-refractivity contribution in [1.82, 2.24) is 30.5 Å². The summed E-state index contributed by atoms with van der Waals surface area (Å²) in [7, 11) is 0. The van der Waals surface area contributed by atoms with Crippen molar-refractivity contribution >= 4 is 27.5 Å². The van der Waals surface area contributed by atoms with Crippen molar-refractivity contribution in [2.24, 2.45) is 0 Å². The summed E-state index contributed by atoms with van der Waals surface area (Å²) in [5.74, 6) is 0.489. The first-order chi connectivity index (χ1) is 12.3. The Morgan fingerprint density at radius 1 is 1.32 bits per heavy atom. The number of carbonyl (C=O) groups is 1. The van der Waals surface area contributed by atoms with Crippen molar-refractivity contribution in [1.29, 1.82) is 0 Å². The molecule has 1 aliphatic rings. The van der Waals surface area contributed by atoms with E-state index < -0.39 is 0 Å². The molecule has 7 nitrogen and oxygen atoms in total. The van der Waals surface area contributed by atoms with E-state index in [1.54, 1.807) is 16.0 Å². The number of carbonyl (C=O) groups excluding carboxylic acids is 1. The van der Waals surface area contributed by atoms with Crippen molar-refractivity contribution < 1.29 is 4.79 Å². The number of thiazole rings is 1. The number of amides is 1. The molecule has 0 fully saturated rings. The molecule has 1 amide bonds. The molecule has 0 saturated heterocycles. The lowest BCUT2D eigenvalue weighted by Gasteiger charge is -2.13. The summed E-state index contributed by atoms with van der Waals surface area (Å²) in [6.45, 7) is 1.44. The predicted molar refractivity (Wildman–Crippen MR) is 95.4 cm³/mol. The van der Waals surface area contributed by atoms with Crippen LogP contribution in [0.1, 0.15) is 42.4 Å². The zero-order chi connectivity index (χ0) is 17.1. The molecule has 3 heterocycles. The Balaban J connectivity index is 1.30. The van der Waals surface area contributed by atoms with Crippen LogP contribution in [0.5, 0.6) is 0 Å². The molecular formula is C17H20N6OS. The fraction of sp³-hybridized carbons (Fsp3) is 0.471. The summed E-state index contributed by atoms with van der Waals surface area (Å²) >= 11 is 1.73. The van der Waals surface area contributed by atoms with E-state index in [2.05, 4.69) is 31.9 Å². The highest BCUT2D eigenvalue weighted by molar-refractivity contribution is 7.18. The van der Waals surface area contributed by atoms with E-state index >= 15 is 0 Å². The minimum atomic E-state index is -0.236. The number of hydrogen-bond acceptors (Lipinski definition) is 6. The van der Waals surface area contributed by atoms with Gasteiger partial charge in [0.1, 0.15) is 0 Å². The van der Waals surface area contributed by atoms with Gasteiger partial charge in [-0.1, -0.05) is 18.6 Å². The highest BCUT2D eigenvalue weighted by Gasteiger charge is 2.28. The summed E-state index contributed by atoms with van der Waals surface area (Å²) in [5.41, 5.74) is 1.05. The first kappa shape index (κ1) is 16.1. The standard InChI is InChI=1S/C17H20N6OS/c24-17(12-6-3-4-11-23-16(12)20-21-22-23)18-10-5-9-15-19-13-7-1-2-8-14(13)25-15/h1-2,7-8,12H,3-6,9-11H2,(H,18,24)/t12-/m1/s1. The second-order valence-corrected chi connectivity index (χ2v) is 7.39. The molecule has 1 N–H and O–H groups in total. The number of benzene rings is 1. The second kappa shape index (κ2) is 7.26. The predicted octanol–water partition coefficient (Wildman–Crippen LogP) is 2.30. The molecule has 0 radical (unpaired) electrons. The van der Waals surface area contributed by atoms with Gasteiger partial charge >= 0.3 is 0 Å². The fourth-order valence-electron chi connectivity index (χ4n) is 3.21. The zero-order valence-electron chi connectivity index (χ0n) is 13.9. The third kappa shape index (κ3) is 3.53. The molecular weight excluding hydrogens is 336 g/mol. The van der Waals surface area contributed by atoms with Gasteiger partial charge in [-0.2, -0.15) is 0 Å². The van der Waals surface area contributed by atoms with E-state index in [-0.39, 0.29) is 11.8 Å². The smallest absolute Gasteiger partial charge is 0.230 e. The number of aromatic nitrogens is 5. The van der Waals surface area contributed by atoms with Crippen LogP contribution in [-0.2, 0) is 17.8 Å². The topological polar surface area (TPSA) is 85.6 Å². The van der Waals surface area contributed by atoms with Crippen LogP contribution in [0.25, 0.3) is 10.2 Å². The van der Waals surface area contributed by atoms with Gasteiger partial charge in [-0.15, -0.1) is 16.4 Å². The summed E-state index contributed by atoms with van der Waals surface area (Å²) in [6, 6.07) is 8.17. The lowest BCUT2D eigenvalue weighted by molar-refractivity contribution is -0.122. The van der Waals surface area contributed by atoms with E-state index in [0.717, 1.165) is 49.2 Å². The van der Waals surface area contributed by atoms with Crippen LogP contribution in [0.3, 0.4) is 0 Å². The van der Waals surface area contributed by atoms with Gasteiger partial charge in [0, 0.05) is 19.5 Å². The van der Waals surface area contributed by atoms with Crippen LogP contribution in [0, 0.1) is 0 Å². The van der Waals surface area contributed by atoms with Crippen molar-refractivity contribution in [3.8, 4) is 0 Å². The first-order valence-electron chi connectivity index (χ1n) is 8.69. The average Bonchev–Trinajstić information content (AvgIpc) is 3.20. The normalized spacial score (nSPS) is 17.2. The average molecular weight is 356 g/mol. The Morgan fingerprint density at radius 3 is 3.16 bits per heavy atom. The van der Waals surface area contributed by atoms with Crippen LogP contribution in [0.4, 0.5) is 0 Å². The molecule has 25 heavy (non-hydrogen) atoms. The number of fused-ring (bicyclic) bond motifs is 2. The quantitative estimate of drug-likeness (QED) is 0.709. The molecule has 0 spiro atoms. The van der Waals surface area contributed by atoms with Crippen LogP contribution in [0.15, 0.2) is 24.3 Å². The van der Waals surface area contributed by atoms with Crippen LogP contribution in [-0.4, -0.2) is 37.6 Å². The summed E-state index contributed by atoms with van der Waals surface area (Å²) in [5, 5.41) is 15.9. The maximum Gasteiger partial charge on any atom is 0.230 e. The van der Waals surface area contributed by atoms with Crippen molar-refractivity contribution in [3.05, 3.63) is 35.1 Å². The van der Waals surface area contributed by atoms with E-state index in [1.807, 2.05) is 18.2 Å². The highest BCUT2D eigenvalue weighted by atomic mass is 32.1. The van der Waals surface area contributed by atoms with E-state index in [0.29, 0.717) is 12.4 Å².